The van der Waals surface area contributed by atoms with Gasteiger partial charge in [0.2, 0.25) is 5.91 Å². The predicted molar refractivity (Wildman–Crippen MR) is 165 cm³/mol. The molecule has 0 bridgehead atoms. The van der Waals surface area contributed by atoms with Gasteiger partial charge >= 0.3 is 0 Å². The molecule has 42 heavy (non-hydrogen) atoms. The zero-order valence-electron chi connectivity index (χ0n) is 24.8. The molecule has 2 aliphatic rings. The maximum absolute atomic E-state index is 15.4. The van der Waals surface area contributed by atoms with Crippen molar-refractivity contribution in [1.82, 2.24) is 10.2 Å². The average Bonchev–Trinajstić information content (AvgIpc) is 3.54. The lowest BCUT2D eigenvalue weighted by Crippen LogP contribution is -2.59. The quantitative estimate of drug-likeness (QED) is 0.374. The molecule has 4 atom stereocenters. The zero-order valence-corrected chi connectivity index (χ0v) is 25.9. The second-order valence-corrected chi connectivity index (χ2v) is 12.1. The first-order valence-electron chi connectivity index (χ1n) is 14.5. The Balaban J connectivity index is 1.60. The van der Waals surface area contributed by atoms with Crippen molar-refractivity contribution < 1.29 is 22.7 Å². The Kier molecular flexibility index (Phi) is 8.83. The van der Waals surface area contributed by atoms with E-state index in [-0.39, 0.29) is 23.3 Å². The maximum atomic E-state index is 15.4. The topological polar surface area (TPSA) is 70.3 Å². The number of carbonyl (C=O) groups excluding carboxylic acids is 1. The minimum atomic E-state index is -1.37. The molecule has 2 aliphatic heterocycles. The van der Waals surface area contributed by atoms with E-state index in [1.807, 2.05) is 44.2 Å². The van der Waals surface area contributed by atoms with E-state index in [1.165, 1.54) is 12.1 Å². The number of amides is 1. The van der Waals surface area contributed by atoms with Crippen molar-refractivity contribution in [2.24, 2.45) is 5.10 Å². The summed E-state index contributed by atoms with van der Waals surface area (Å²) < 4.78 is 41.6. The lowest BCUT2D eigenvalue weighted by atomic mass is 9.78. The number of furan rings is 1. The van der Waals surface area contributed by atoms with Gasteiger partial charge in [0.05, 0.1) is 30.0 Å². The summed E-state index contributed by atoms with van der Waals surface area (Å²) >= 11 is 0. The van der Waals surface area contributed by atoms with Gasteiger partial charge in [-0.1, -0.05) is 18.6 Å². The molecule has 10 heteroatoms. The molecule has 224 valence electrons. The fourth-order valence-corrected chi connectivity index (χ4v) is 6.32. The molecule has 7 nitrogen and oxygen atoms in total. The fraction of sp³-hybridized carbons (Fsp3) is 0.438. The highest BCUT2D eigenvalue weighted by molar-refractivity contribution is 7.28. The number of carbonyl (C=O) groups is 1. The molecule has 0 saturated carbocycles. The number of hydrogen-bond donors (Lipinski definition) is 1. The van der Waals surface area contributed by atoms with Crippen molar-refractivity contribution in [1.29, 1.82) is 0 Å². The molecule has 1 N–H and O–H groups in total. The van der Waals surface area contributed by atoms with Gasteiger partial charge in [-0.15, -0.1) is 9.24 Å². The lowest BCUT2D eigenvalue weighted by molar-refractivity contribution is -0.127. The summed E-state index contributed by atoms with van der Waals surface area (Å²) in [6.45, 7) is 12.5. The maximum Gasteiger partial charge on any atom is 0.249 e. The van der Waals surface area contributed by atoms with Crippen LogP contribution in [0.5, 0.6) is 0 Å². The van der Waals surface area contributed by atoms with Crippen LogP contribution in [0.25, 0.3) is 0 Å². The Morgan fingerprint density at radius 3 is 2.64 bits per heavy atom. The molecule has 1 fully saturated rings. The molecule has 1 aromatic heterocycles. The minimum absolute atomic E-state index is 0.109. The van der Waals surface area contributed by atoms with Crippen molar-refractivity contribution in [3.8, 4) is 0 Å². The molecular weight excluding hydrogens is 557 g/mol. The van der Waals surface area contributed by atoms with Gasteiger partial charge in [0, 0.05) is 43.7 Å². The highest BCUT2D eigenvalue weighted by atomic mass is 31.0. The third kappa shape index (κ3) is 5.75. The highest BCUT2D eigenvalue weighted by Gasteiger charge is 2.56. The molecule has 0 aliphatic carbocycles. The number of aryl methyl sites for hydroxylation is 2. The monoisotopic (exact) mass is 596 g/mol. The first kappa shape index (κ1) is 30.3. The number of ether oxygens (including phenoxy) is 1. The van der Waals surface area contributed by atoms with Crippen molar-refractivity contribution in [3.63, 3.8) is 0 Å². The van der Waals surface area contributed by atoms with E-state index in [9.17, 15) is 9.18 Å². The Labute approximate surface area is 248 Å². The van der Waals surface area contributed by atoms with Gasteiger partial charge in [0.25, 0.3) is 0 Å². The number of benzene rings is 2. The molecule has 4 unspecified atom stereocenters. The molecule has 2 aromatic carbocycles. The van der Waals surface area contributed by atoms with Crippen molar-refractivity contribution in [2.75, 3.05) is 31.3 Å². The summed E-state index contributed by atoms with van der Waals surface area (Å²) in [4.78, 5) is 16.8. The number of morpholine rings is 1. The molecule has 0 radical (unpaired) electrons. The second-order valence-electron chi connectivity index (χ2n) is 11.5. The largest absolute Gasteiger partial charge is 0.465 e. The van der Waals surface area contributed by atoms with Gasteiger partial charge in [-0.05, 0) is 69.4 Å². The number of nitrogens with zero attached hydrogens (tertiary/aromatic N) is 3. The molecule has 3 aromatic rings. The summed E-state index contributed by atoms with van der Waals surface area (Å²) in [6, 6.07) is 13.3. The van der Waals surface area contributed by atoms with Crippen LogP contribution in [0.3, 0.4) is 0 Å². The first-order valence-corrected chi connectivity index (χ1v) is 15.0. The highest BCUT2D eigenvalue weighted by Crippen LogP contribution is 2.45. The van der Waals surface area contributed by atoms with E-state index in [1.54, 1.807) is 11.9 Å². The molecule has 1 amide bonds. The van der Waals surface area contributed by atoms with E-state index in [2.05, 4.69) is 33.3 Å². The number of halogens is 2. The number of hydrazone groups is 1. The first-order chi connectivity index (χ1) is 20.0. The smallest absolute Gasteiger partial charge is 0.249 e. The van der Waals surface area contributed by atoms with Crippen LogP contribution in [0.2, 0.25) is 0 Å². The summed E-state index contributed by atoms with van der Waals surface area (Å²) in [7, 11) is 2.71. The second kappa shape index (κ2) is 12.2. The van der Waals surface area contributed by atoms with Crippen molar-refractivity contribution in [2.45, 2.75) is 64.6 Å². The van der Waals surface area contributed by atoms with Gasteiger partial charge in [-0.2, -0.15) is 5.10 Å². The van der Waals surface area contributed by atoms with Crippen LogP contribution in [0, 0.1) is 18.6 Å². The molecule has 5 rings (SSSR count). The molecule has 0 spiro atoms. The zero-order chi connectivity index (χ0) is 30.2. The van der Waals surface area contributed by atoms with Crippen LogP contribution in [0.1, 0.15) is 56.3 Å². The third-order valence-electron chi connectivity index (χ3n) is 8.27. The van der Waals surface area contributed by atoms with Crippen LogP contribution in [-0.4, -0.2) is 60.4 Å². The van der Waals surface area contributed by atoms with Gasteiger partial charge in [0.15, 0.2) is 5.54 Å². The van der Waals surface area contributed by atoms with E-state index < -0.39 is 23.1 Å². The van der Waals surface area contributed by atoms with E-state index in [0.29, 0.717) is 43.6 Å². The van der Waals surface area contributed by atoms with Crippen LogP contribution in [0.15, 0.2) is 58.0 Å². The Hall–Kier alpha value is -3.13. The molecule has 3 heterocycles. The molecule has 1 saturated heterocycles. The van der Waals surface area contributed by atoms with E-state index >= 15 is 4.39 Å². The number of nitrogens with one attached hydrogen (secondary N) is 1. The Bertz CT molecular complexity index is 1490. The Morgan fingerprint density at radius 2 is 1.98 bits per heavy atom. The van der Waals surface area contributed by atoms with E-state index in [4.69, 9.17) is 14.3 Å². The van der Waals surface area contributed by atoms with Crippen LogP contribution in [0.4, 0.5) is 14.5 Å². The molecular formula is C32H39F2N4O3P. The van der Waals surface area contributed by atoms with Crippen LogP contribution >= 0.6 is 9.24 Å². The Morgan fingerprint density at radius 1 is 1.19 bits per heavy atom. The van der Waals surface area contributed by atoms with E-state index in [0.717, 1.165) is 29.2 Å². The number of rotatable bonds is 8. The van der Waals surface area contributed by atoms with Crippen LogP contribution in [-0.2, 0) is 16.0 Å². The average molecular weight is 597 g/mol. The summed E-state index contributed by atoms with van der Waals surface area (Å²) in [5.41, 5.74) is 0.742. The van der Waals surface area contributed by atoms with Gasteiger partial charge < -0.3 is 14.5 Å². The normalized spacial score (nSPS) is 23.0. The summed E-state index contributed by atoms with van der Waals surface area (Å²) in [5, 5.41) is 10.5. The van der Waals surface area contributed by atoms with Crippen LogP contribution < -0.4 is 15.6 Å². The lowest BCUT2D eigenvalue weighted by Gasteiger charge is -2.39. The number of hydrogen-bond acceptors (Lipinski definition) is 6. The number of anilines is 1. The third-order valence-corrected chi connectivity index (χ3v) is 8.73. The predicted octanol–water partition coefficient (Wildman–Crippen LogP) is 4.92. The van der Waals surface area contributed by atoms with Crippen molar-refractivity contribution >= 4 is 31.9 Å². The minimum Gasteiger partial charge on any atom is -0.465 e. The summed E-state index contributed by atoms with van der Waals surface area (Å²) in [5.74, 6) is -1.35. The van der Waals surface area contributed by atoms with Gasteiger partial charge in [-0.3, -0.25) is 9.69 Å². The SMILES string of the molecule is CCc1ccc(C2C(c3ccc(F)cc3F)=NN(c3ccc(C)cc3P)C2(C)C(=O)NCC2CN(C(C)C)CCO2)o1. The summed E-state index contributed by atoms with van der Waals surface area (Å²) in [6.07, 6.45) is 0.472. The van der Waals surface area contributed by atoms with Gasteiger partial charge in [-0.25, -0.2) is 13.8 Å². The van der Waals surface area contributed by atoms with Gasteiger partial charge in [0.1, 0.15) is 23.2 Å². The fourth-order valence-electron chi connectivity index (χ4n) is 5.83. The van der Waals surface area contributed by atoms with Crippen molar-refractivity contribution in [3.05, 3.63) is 82.8 Å². The standard InChI is InChI=1S/C32H39F2N4O3P/c1-6-22-9-12-27(41-22)29-30(24-10-8-21(33)16-25(24)34)36-38(26-11-7-20(4)15-28(26)42)32(29,5)31(39)35-17-23-18-37(19(2)3)13-14-40-23/h7-12,15-16,19,23,29H,6,13-14,17-18,42H2,1-5H3,(H,35,39).